The van der Waals surface area contributed by atoms with Crippen molar-refractivity contribution in [2.75, 3.05) is 71.5 Å². The summed E-state index contributed by atoms with van der Waals surface area (Å²) in [4.78, 5) is 0. The van der Waals surface area contributed by atoms with Gasteiger partial charge in [0.2, 0.25) is 0 Å². The van der Waals surface area contributed by atoms with Crippen LogP contribution in [0.4, 0.5) is 0 Å². The molecule has 0 aromatic heterocycles. The van der Waals surface area contributed by atoms with Gasteiger partial charge in [-0.1, -0.05) is 0 Å². The molecule has 25 heavy (non-hydrogen) atoms. The molecule has 0 N–H and O–H groups in total. The Morgan fingerprint density at radius 3 is 1.72 bits per heavy atom. The molecule has 3 aliphatic heterocycles. The Bertz CT molecular complexity index is 351. The van der Waals surface area contributed by atoms with Gasteiger partial charge in [-0.05, 0) is 36.7 Å². The van der Waals surface area contributed by atoms with Crippen molar-refractivity contribution in [3.05, 3.63) is 0 Å². The number of epoxide rings is 3. The highest BCUT2D eigenvalue weighted by Gasteiger charge is 2.32. The number of hydrogen-bond donors (Lipinski definition) is 0. The van der Waals surface area contributed by atoms with Crippen molar-refractivity contribution in [2.45, 2.75) is 37.6 Å². The van der Waals surface area contributed by atoms with Crippen molar-refractivity contribution in [1.82, 2.24) is 0 Å². The summed E-state index contributed by atoms with van der Waals surface area (Å²) < 4.78 is 33.3. The molecule has 3 unspecified atom stereocenters. The minimum Gasteiger partial charge on any atom is -0.379 e. The highest BCUT2D eigenvalue weighted by molar-refractivity contribution is 7.98. The Labute approximate surface area is 155 Å². The SMILES string of the molecule is CSCCC(CCOCC1CO1)(CCOCC1CO1)COCC1CO1. The second-order valence-corrected chi connectivity index (χ2v) is 8.26. The van der Waals surface area contributed by atoms with Crippen LogP contribution in [0.2, 0.25) is 0 Å². The van der Waals surface area contributed by atoms with Crippen LogP contribution in [0.15, 0.2) is 0 Å². The van der Waals surface area contributed by atoms with E-state index in [1.54, 1.807) is 0 Å². The van der Waals surface area contributed by atoms with E-state index in [1.165, 1.54) is 0 Å². The smallest absolute Gasteiger partial charge is 0.104 e. The summed E-state index contributed by atoms with van der Waals surface area (Å²) in [5, 5.41) is 0. The average molecular weight is 377 g/mol. The molecule has 0 amide bonds. The number of rotatable bonds is 17. The highest BCUT2D eigenvalue weighted by atomic mass is 32.2. The van der Waals surface area contributed by atoms with Gasteiger partial charge in [0.15, 0.2) is 0 Å². The van der Waals surface area contributed by atoms with Crippen LogP contribution < -0.4 is 0 Å². The first-order chi connectivity index (χ1) is 12.3. The lowest BCUT2D eigenvalue weighted by molar-refractivity contribution is -0.0150. The maximum atomic E-state index is 6.01. The zero-order chi connectivity index (χ0) is 17.4. The maximum absolute atomic E-state index is 6.01. The number of ether oxygens (including phenoxy) is 6. The molecule has 0 spiro atoms. The predicted molar refractivity (Wildman–Crippen MR) is 96.3 cm³/mol. The molecular weight excluding hydrogens is 344 g/mol. The van der Waals surface area contributed by atoms with E-state index in [0.717, 1.165) is 64.7 Å². The van der Waals surface area contributed by atoms with E-state index in [1.807, 2.05) is 11.8 Å². The summed E-state index contributed by atoms with van der Waals surface area (Å²) in [6.07, 6.45) is 6.23. The van der Waals surface area contributed by atoms with Gasteiger partial charge >= 0.3 is 0 Å². The van der Waals surface area contributed by atoms with Crippen molar-refractivity contribution in [3.63, 3.8) is 0 Å². The summed E-state index contributed by atoms with van der Waals surface area (Å²) in [5.41, 5.74) is 0.104. The monoisotopic (exact) mass is 376 g/mol. The minimum atomic E-state index is 0.104. The first kappa shape index (κ1) is 19.9. The predicted octanol–water partition coefficient (Wildman–Crippen LogP) is 1.75. The van der Waals surface area contributed by atoms with Crippen molar-refractivity contribution in [3.8, 4) is 0 Å². The van der Waals surface area contributed by atoms with Crippen molar-refractivity contribution < 1.29 is 28.4 Å². The summed E-state index contributed by atoms with van der Waals surface area (Å²) in [7, 11) is 0. The third kappa shape index (κ3) is 8.56. The Hall–Kier alpha value is 0.110. The lowest BCUT2D eigenvalue weighted by atomic mass is 9.79. The van der Waals surface area contributed by atoms with Gasteiger partial charge in [-0.25, -0.2) is 0 Å². The molecule has 0 bridgehead atoms. The first-order valence-corrected chi connectivity index (χ1v) is 10.8. The molecule has 3 atom stereocenters. The fraction of sp³-hybridized carbons (Fsp3) is 1.00. The normalized spacial score (nSPS) is 29.4. The topological polar surface area (TPSA) is 65.3 Å². The van der Waals surface area contributed by atoms with E-state index < -0.39 is 0 Å². The molecule has 0 saturated carbocycles. The van der Waals surface area contributed by atoms with Crippen LogP contribution in [0.1, 0.15) is 19.3 Å². The summed E-state index contributed by atoms with van der Waals surface area (Å²) in [6.45, 7) is 6.92. The molecule has 0 radical (unpaired) electrons. The Morgan fingerprint density at radius 1 is 0.800 bits per heavy atom. The zero-order valence-corrected chi connectivity index (χ0v) is 16.1. The molecule has 0 aromatic carbocycles. The highest BCUT2D eigenvalue weighted by Crippen LogP contribution is 2.34. The van der Waals surface area contributed by atoms with Crippen LogP contribution in [0.5, 0.6) is 0 Å². The largest absolute Gasteiger partial charge is 0.379 e. The first-order valence-electron chi connectivity index (χ1n) is 9.37. The third-order valence-corrected chi connectivity index (χ3v) is 5.53. The second-order valence-electron chi connectivity index (χ2n) is 7.27. The van der Waals surface area contributed by atoms with Crippen LogP contribution in [-0.2, 0) is 28.4 Å². The molecule has 3 fully saturated rings. The Kier molecular flexibility index (Phi) is 8.30. The Morgan fingerprint density at radius 2 is 1.28 bits per heavy atom. The van der Waals surface area contributed by atoms with Gasteiger partial charge in [0.25, 0.3) is 0 Å². The average Bonchev–Trinajstić information content (AvgIpc) is 3.47. The van der Waals surface area contributed by atoms with E-state index >= 15 is 0 Å². The van der Waals surface area contributed by atoms with E-state index in [-0.39, 0.29) is 5.41 Å². The summed E-state index contributed by atoms with van der Waals surface area (Å²) in [6, 6.07) is 0. The van der Waals surface area contributed by atoms with Gasteiger partial charge in [0, 0.05) is 13.2 Å². The van der Waals surface area contributed by atoms with Crippen LogP contribution in [0.25, 0.3) is 0 Å². The van der Waals surface area contributed by atoms with E-state index in [9.17, 15) is 0 Å². The molecule has 0 aliphatic carbocycles. The van der Waals surface area contributed by atoms with Crippen molar-refractivity contribution >= 4 is 11.8 Å². The van der Waals surface area contributed by atoms with Gasteiger partial charge < -0.3 is 28.4 Å². The van der Waals surface area contributed by atoms with Crippen molar-refractivity contribution in [2.24, 2.45) is 5.41 Å². The quantitative estimate of drug-likeness (QED) is 0.283. The zero-order valence-electron chi connectivity index (χ0n) is 15.3. The van der Waals surface area contributed by atoms with Crippen LogP contribution in [0, 0.1) is 5.41 Å². The molecule has 6 nitrogen and oxygen atoms in total. The van der Waals surface area contributed by atoms with Crippen molar-refractivity contribution in [1.29, 1.82) is 0 Å². The molecule has 7 heteroatoms. The minimum absolute atomic E-state index is 0.104. The van der Waals surface area contributed by atoms with E-state index in [2.05, 4.69) is 6.26 Å². The number of hydrogen-bond acceptors (Lipinski definition) is 7. The molecule has 3 saturated heterocycles. The molecule has 3 aliphatic rings. The fourth-order valence-corrected chi connectivity index (χ4v) is 3.45. The van der Waals surface area contributed by atoms with Crippen LogP contribution in [-0.4, -0.2) is 89.8 Å². The Balaban J connectivity index is 1.43. The van der Waals surface area contributed by atoms with Gasteiger partial charge in [-0.15, -0.1) is 0 Å². The summed E-state index contributed by atoms with van der Waals surface area (Å²) >= 11 is 1.89. The summed E-state index contributed by atoms with van der Waals surface area (Å²) in [5.74, 6) is 1.13. The molecular formula is C18H32O6S. The maximum Gasteiger partial charge on any atom is 0.104 e. The van der Waals surface area contributed by atoms with Gasteiger partial charge in [0.05, 0.1) is 46.2 Å². The van der Waals surface area contributed by atoms with Crippen LogP contribution >= 0.6 is 11.8 Å². The molecule has 3 rings (SSSR count). The fourth-order valence-electron chi connectivity index (χ4n) is 2.82. The lowest BCUT2D eigenvalue weighted by Crippen LogP contribution is -2.32. The molecule has 3 heterocycles. The lowest BCUT2D eigenvalue weighted by Gasteiger charge is -2.33. The number of thioether (sulfide) groups is 1. The second kappa shape index (κ2) is 10.4. The third-order valence-electron chi connectivity index (χ3n) is 4.92. The van der Waals surface area contributed by atoms with Gasteiger partial charge in [-0.3, -0.25) is 0 Å². The molecule has 146 valence electrons. The van der Waals surface area contributed by atoms with E-state index in [4.69, 9.17) is 28.4 Å². The standard InChI is InChI=1S/C18H32O6S/c1-25-7-4-18(14-21-10-17-13-24-17,2-5-19-8-15-11-22-15)3-6-20-9-16-12-23-16/h15-17H,2-14H2,1H3. The van der Waals surface area contributed by atoms with Gasteiger partial charge in [0.1, 0.15) is 18.3 Å². The molecule has 0 aromatic rings. The van der Waals surface area contributed by atoms with Crippen LogP contribution in [0.3, 0.4) is 0 Å². The van der Waals surface area contributed by atoms with Gasteiger partial charge in [-0.2, -0.15) is 11.8 Å². The van der Waals surface area contributed by atoms with E-state index in [0.29, 0.717) is 38.1 Å².